The molecule has 1 heterocycles. The fourth-order valence-corrected chi connectivity index (χ4v) is 0.874. The van der Waals surface area contributed by atoms with E-state index in [4.69, 9.17) is 21.9 Å². The number of hydrogen-bond donors (Lipinski definition) is 2. The molecule has 11 heavy (non-hydrogen) atoms. The molecule has 0 aromatic heterocycles. The average Bonchev–Trinajstić information content (AvgIpc) is 1.94. The number of halogens is 1. The van der Waals surface area contributed by atoms with Crippen LogP contribution in [-0.2, 0) is 0 Å². The molecule has 1 rings (SSSR count). The largest absolute Gasteiger partial charge is 0.387 e. The van der Waals surface area contributed by atoms with Gasteiger partial charge in [-0.15, -0.1) is 0 Å². The Morgan fingerprint density at radius 2 is 2.45 bits per heavy atom. The molecule has 0 bridgehead atoms. The third-order valence-corrected chi connectivity index (χ3v) is 1.60. The highest BCUT2D eigenvalue weighted by Gasteiger charge is 2.15. The standard InChI is InChI=1S/C6H9ClN2O2/c1-4(10)5-2-3-9(11)6(7)8-5/h2-4,6,10-11H,1H3. The average molecular weight is 177 g/mol. The molecule has 0 saturated heterocycles. The maximum atomic E-state index is 9.04. The zero-order valence-corrected chi connectivity index (χ0v) is 6.73. The van der Waals surface area contributed by atoms with E-state index in [1.807, 2.05) is 0 Å². The third-order valence-electron chi connectivity index (χ3n) is 1.30. The lowest BCUT2D eigenvalue weighted by molar-refractivity contribution is -0.0530. The Morgan fingerprint density at radius 3 is 2.91 bits per heavy atom. The maximum Gasteiger partial charge on any atom is 0.219 e. The van der Waals surface area contributed by atoms with Gasteiger partial charge >= 0.3 is 0 Å². The van der Waals surface area contributed by atoms with Crippen LogP contribution in [-0.4, -0.2) is 32.8 Å². The molecular formula is C6H9ClN2O2. The number of aliphatic hydroxyl groups excluding tert-OH is 1. The lowest BCUT2D eigenvalue weighted by Crippen LogP contribution is -2.28. The first-order chi connectivity index (χ1) is 5.11. The van der Waals surface area contributed by atoms with Crippen LogP contribution in [0.1, 0.15) is 6.92 Å². The fraction of sp³-hybridized carbons (Fsp3) is 0.500. The minimum absolute atomic E-state index is 0.468. The van der Waals surface area contributed by atoms with Gasteiger partial charge in [0.1, 0.15) is 0 Å². The van der Waals surface area contributed by atoms with E-state index in [1.54, 1.807) is 6.92 Å². The topological polar surface area (TPSA) is 56.1 Å². The van der Waals surface area contributed by atoms with Crippen molar-refractivity contribution in [2.24, 2.45) is 4.99 Å². The highest BCUT2D eigenvalue weighted by Crippen LogP contribution is 2.10. The summed E-state index contributed by atoms with van der Waals surface area (Å²) in [4.78, 5) is 3.78. The monoisotopic (exact) mass is 176 g/mol. The van der Waals surface area contributed by atoms with Gasteiger partial charge < -0.3 is 5.11 Å². The van der Waals surface area contributed by atoms with E-state index in [0.29, 0.717) is 5.71 Å². The van der Waals surface area contributed by atoms with Gasteiger partial charge in [0.05, 0.1) is 11.8 Å². The van der Waals surface area contributed by atoms with E-state index in [9.17, 15) is 0 Å². The molecule has 0 amide bonds. The summed E-state index contributed by atoms with van der Waals surface area (Å²) in [6.45, 7) is 1.58. The minimum Gasteiger partial charge on any atom is -0.387 e. The molecule has 0 aromatic carbocycles. The van der Waals surface area contributed by atoms with Crippen LogP contribution in [0.15, 0.2) is 17.3 Å². The van der Waals surface area contributed by atoms with Gasteiger partial charge in [0.25, 0.3) is 0 Å². The van der Waals surface area contributed by atoms with E-state index in [2.05, 4.69) is 4.99 Å². The Labute approximate surface area is 69.4 Å². The summed E-state index contributed by atoms with van der Waals surface area (Å²) in [5.74, 6) is 0. The normalized spacial score (nSPS) is 26.7. The molecule has 2 unspecified atom stereocenters. The summed E-state index contributed by atoms with van der Waals surface area (Å²) in [5.41, 5.74) is -0.361. The molecule has 1 aliphatic rings. The quantitative estimate of drug-likeness (QED) is 0.453. The summed E-state index contributed by atoms with van der Waals surface area (Å²) < 4.78 is 0. The molecule has 0 aliphatic carbocycles. The van der Waals surface area contributed by atoms with E-state index >= 15 is 0 Å². The second kappa shape index (κ2) is 3.21. The fourth-order valence-electron chi connectivity index (χ4n) is 0.696. The SMILES string of the molecule is CC(O)C1=NC(Cl)N(O)C=C1. The molecule has 1 aliphatic heterocycles. The second-order valence-electron chi connectivity index (χ2n) is 2.24. The van der Waals surface area contributed by atoms with Gasteiger partial charge in [-0.3, -0.25) is 5.21 Å². The number of hydroxylamine groups is 2. The van der Waals surface area contributed by atoms with E-state index < -0.39 is 11.7 Å². The number of rotatable bonds is 1. The predicted molar refractivity (Wildman–Crippen MR) is 41.5 cm³/mol. The highest BCUT2D eigenvalue weighted by molar-refractivity contribution is 6.21. The Hall–Kier alpha value is -0.580. The van der Waals surface area contributed by atoms with Gasteiger partial charge in [-0.1, -0.05) is 11.6 Å². The van der Waals surface area contributed by atoms with Gasteiger partial charge in [-0.05, 0) is 13.0 Å². The zero-order chi connectivity index (χ0) is 8.43. The second-order valence-corrected chi connectivity index (χ2v) is 2.63. The van der Waals surface area contributed by atoms with Crippen molar-refractivity contribution in [2.75, 3.05) is 0 Å². The van der Waals surface area contributed by atoms with Crippen LogP contribution in [0.5, 0.6) is 0 Å². The van der Waals surface area contributed by atoms with Crippen molar-refractivity contribution >= 4 is 17.3 Å². The Balaban J connectivity index is 2.72. The predicted octanol–water partition coefficient (Wildman–Crippen LogP) is 0.549. The maximum absolute atomic E-state index is 9.04. The van der Waals surface area contributed by atoms with Crippen molar-refractivity contribution < 1.29 is 10.3 Å². The Bertz CT molecular complexity index is 203. The molecule has 5 heteroatoms. The lowest BCUT2D eigenvalue weighted by atomic mass is 10.2. The summed E-state index contributed by atoms with van der Waals surface area (Å²) >= 11 is 5.53. The number of aliphatic hydroxyl groups is 1. The smallest absolute Gasteiger partial charge is 0.219 e. The van der Waals surface area contributed by atoms with E-state index in [1.165, 1.54) is 12.3 Å². The van der Waals surface area contributed by atoms with E-state index in [0.717, 1.165) is 5.06 Å². The van der Waals surface area contributed by atoms with Crippen molar-refractivity contribution in [3.8, 4) is 0 Å². The van der Waals surface area contributed by atoms with Crippen LogP contribution >= 0.6 is 11.6 Å². The minimum atomic E-state index is -0.829. The number of hydrogen-bond acceptors (Lipinski definition) is 4. The van der Waals surface area contributed by atoms with Crippen molar-refractivity contribution in [1.29, 1.82) is 0 Å². The van der Waals surface area contributed by atoms with Crippen LogP contribution in [0.4, 0.5) is 0 Å². The number of alkyl halides is 1. The van der Waals surface area contributed by atoms with Gasteiger partial charge in [0.15, 0.2) is 0 Å². The van der Waals surface area contributed by atoms with Crippen molar-refractivity contribution in [1.82, 2.24) is 5.06 Å². The van der Waals surface area contributed by atoms with Gasteiger partial charge in [0, 0.05) is 6.20 Å². The summed E-state index contributed by atoms with van der Waals surface area (Å²) in [7, 11) is 0. The summed E-state index contributed by atoms with van der Waals surface area (Å²) in [6, 6.07) is 0. The van der Waals surface area contributed by atoms with Gasteiger partial charge in [0.2, 0.25) is 5.62 Å². The first kappa shape index (κ1) is 8.52. The molecule has 0 fully saturated rings. The number of aliphatic imine (C=N–C) groups is 1. The van der Waals surface area contributed by atoms with Gasteiger partial charge in [-0.2, -0.15) is 0 Å². The van der Waals surface area contributed by atoms with E-state index in [-0.39, 0.29) is 0 Å². The van der Waals surface area contributed by atoms with Crippen LogP contribution < -0.4 is 0 Å². The molecular weight excluding hydrogens is 168 g/mol. The zero-order valence-electron chi connectivity index (χ0n) is 5.98. The molecule has 0 saturated carbocycles. The molecule has 2 N–H and O–H groups in total. The van der Waals surface area contributed by atoms with Crippen molar-refractivity contribution in [2.45, 2.75) is 18.7 Å². The molecule has 0 aromatic rings. The highest BCUT2D eigenvalue weighted by atomic mass is 35.5. The Morgan fingerprint density at radius 1 is 1.82 bits per heavy atom. The molecule has 4 nitrogen and oxygen atoms in total. The molecule has 0 spiro atoms. The molecule has 62 valence electrons. The van der Waals surface area contributed by atoms with Crippen LogP contribution in [0.25, 0.3) is 0 Å². The lowest BCUT2D eigenvalue weighted by Gasteiger charge is -2.20. The summed E-state index contributed by atoms with van der Waals surface area (Å²) in [5, 5.41) is 18.7. The Kier molecular flexibility index (Phi) is 2.49. The van der Waals surface area contributed by atoms with Gasteiger partial charge in [-0.25, -0.2) is 10.1 Å². The van der Waals surface area contributed by atoms with Crippen LogP contribution in [0.2, 0.25) is 0 Å². The van der Waals surface area contributed by atoms with Crippen molar-refractivity contribution in [3.05, 3.63) is 12.3 Å². The third kappa shape index (κ3) is 1.92. The number of nitrogens with zero attached hydrogens (tertiary/aromatic N) is 2. The molecule has 2 atom stereocenters. The van der Waals surface area contributed by atoms with Crippen LogP contribution in [0, 0.1) is 0 Å². The molecule has 0 radical (unpaired) electrons. The summed E-state index contributed by atoms with van der Waals surface area (Å²) in [6.07, 6.45) is 2.21. The first-order valence-electron chi connectivity index (χ1n) is 3.16. The van der Waals surface area contributed by atoms with Crippen LogP contribution in [0.3, 0.4) is 0 Å². The first-order valence-corrected chi connectivity index (χ1v) is 3.60. The van der Waals surface area contributed by atoms with Crippen molar-refractivity contribution in [3.63, 3.8) is 0 Å².